The number of anilines is 1. The van der Waals surface area contributed by atoms with Crippen molar-refractivity contribution in [3.05, 3.63) is 178 Å². The van der Waals surface area contributed by atoms with Gasteiger partial charge in [-0.05, 0) is 96.8 Å². The van der Waals surface area contributed by atoms with E-state index < -0.39 is 48.1 Å². The Hall–Kier alpha value is -4.67. The maximum absolute atomic E-state index is 12.1. The van der Waals surface area contributed by atoms with Crippen molar-refractivity contribution in [1.29, 1.82) is 0 Å². The Kier molecular flexibility index (Phi) is 19.7. The molecule has 10 rings (SSSR count). The van der Waals surface area contributed by atoms with E-state index in [0.717, 1.165) is 11.1 Å². The smallest absolute Gasteiger partial charge is 0.199 e. The van der Waals surface area contributed by atoms with Gasteiger partial charge in [-0.25, -0.2) is 19.9 Å². The summed E-state index contributed by atoms with van der Waals surface area (Å²) in [5.41, 5.74) is 6.24. The van der Waals surface area contributed by atoms with Crippen LogP contribution in [0.1, 0.15) is 48.6 Å². The van der Waals surface area contributed by atoms with Crippen LogP contribution >= 0.6 is 104 Å². The SMILES string of the molecule is CC#C[C@@]1(O)[C@H](OCc2ccc(Cl)cc2Cl)[C@@H](COCc2ccc(Cl)cc2Cl)O[C@H]1n1ccc2c(Cl)ncnc21.CC#C[C@@]1(O)[C@H](OCc2ccc(Cl)cc2Cl)[C@@H](COCc2ccc(Cl)cc2Cl)O[C@H]1n1ccc2c(N)ncnc21. The van der Waals surface area contributed by atoms with Gasteiger partial charge in [0.2, 0.25) is 0 Å². The molecule has 2 saturated heterocycles. The van der Waals surface area contributed by atoms with Crippen LogP contribution < -0.4 is 5.73 Å². The normalized spacial score (nSPS) is 22.4. The molecule has 0 amide bonds. The summed E-state index contributed by atoms with van der Waals surface area (Å²) in [5, 5.41) is 29.6. The fourth-order valence-electron chi connectivity index (χ4n) is 9.27. The summed E-state index contributed by atoms with van der Waals surface area (Å²) in [4.78, 5) is 16.8. The third-order valence-corrected chi connectivity index (χ3v) is 15.7. The lowest BCUT2D eigenvalue weighted by atomic mass is 9.94. The minimum atomic E-state index is -1.80. The maximum Gasteiger partial charge on any atom is 0.199 e. The Bertz CT molecular complexity index is 3450. The highest BCUT2D eigenvalue weighted by atomic mass is 35.5. The van der Waals surface area contributed by atoms with Crippen molar-refractivity contribution in [3.8, 4) is 23.7 Å². The number of rotatable bonds is 16. The van der Waals surface area contributed by atoms with Gasteiger partial charge < -0.3 is 53.5 Å². The first-order valence-electron chi connectivity index (χ1n) is 24.2. The molecule has 4 aromatic carbocycles. The molecule has 0 radical (unpaired) electrons. The van der Waals surface area contributed by atoms with Crippen LogP contribution in [-0.4, -0.2) is 88.1 Å². The lowest BCUT2D eigenvalue weighted by Gasteiger charge is -2.30. The van der Waals surface area contributed by atoms with Gasteiger partial charge in [0.1, 0.15) is 59.3 Å². The predicted molar refractivity (Wildman–Crippen MR) is 311 cm³/mol. The minimum Gasteiger partial charge on any atom is -0.383 e. The molecule has 80 heavy (non-hydrogen) atoms. The van der Waals surface area contributed by atoms with Crippen LogP contribution in [0.2, 0.25) is 45.3 Å². The van der Waals surface area contributed by atoms with Gasteiger partial charge in [-0.15, -0.1) is 11.8 Å². The number of aromatic nitrogens is 6. The summed E-state index contributed by atoms with van der Waals surface area (Å²) >= 11 is 55.8. The van der Waals surface area contributed by atoms with Crippen LogP contribution in [0.15, 0.2) is 110 Å². The molecule has 416 valence electrons. The van der Waals surface area contributed by atoms with E-state index in [1.54, 1.807) is 120 Å². The molecule has 2 aliphatic rings. The summed E-state index contributed by atoms with van der Waals surface area (Å²) in [5.74, 6) is 11.8. The van der Waals surface area contributed by atoms with Crippen LogP contribution in [-0.2, 0) is 54.8 Å². The highest BCUT2D eigenvalue weighted by Gasteiger charge is 2.59. The molecule has 15 nitrogen and oxygen atoms in total. The van der Waals surface area contributed by atoms with Gasteiger partial charge in [-0.1, -0.05) is 141 Å². The molecule has 4 N–H and O–H groups in total. The van der Waals surface area contributed by atoms with Crippen molar-refractivity contribution in [1.82, 2.24) is 29.1 Å². The number of hydrogen-bond donors (Lipinski definition) is 3. The van der Waals surface area contributed by atoms with E-state index in [2.05, 4.69) is 43.6 Å². The number of halogens is 9. The fraction of sp³-hybridized carbons (Fsp3) is 0.286. The van der Waals surface area contributed by atoms with Crippen molar-refractivity contribution < 1.29 is 38.6 Å². The van der Waals surface area contributed by atoms with Crippen LogP contribution in [0.5, 0.6) is 0 Å². The van der Waals surface area contributed by atoms with E-state index in [1.807, 2.05) is 0 Å². The fourth-order valence-corrected chi connectivity index (χ4v) is 11.3. The second-order valence-electron chi connectivity index (χ2n) is 18.2. The number of fused-ring (bicyclic) bond motifs is 2. The van der Waals surface area contributed by atoms with Crippen LogP contribution in [0.25, 0.3) is 22.1 Å². The number of nitrogens with two attached hydrogens (primary N) is 1. The second kappa shape index (κ2) is 26.3. The van der Waals surface area contributed by atoms with Gasteiger partial charge in [0, 0.05) is 52.6 Å². The van der Waals surface area contributed by atoms with Crippen molar-refractivity contribution in [2.45, 2.75) is 88.3 Å². The van der Waals surface area contributed by atoms with E-state index >= 15 is 0 Å². The van der Waals surface area contributed by atoms with Crippen LogP contribution in [0, 0.1) is 23.7 Å². The first kappa shape index (κ1) is 59.9. The number of nitrogen functional groups attached to an aromatic ring is 1. The lowest BCUT2D eigenvalue weighted by Crippen LogP contribution is -2.47. The van der Waals surface area contributed by atoms with E-state index in [0.29, 0.717) is 79.2 Å². The molecular formula is C56H46Cl9N7O8. The average Bonchev–Trinajstić information content (AvgIpc) is 4.39. The Labute approximate surface area is 504 Å². The molecule has 2 aliphatic heterocycles. The number of hydrogen-bond acceptors (Lipinski definition) is 13. The van der Waals surface area contributed by atoms with E-state index in [4.69, 9.17) is 139 Å². The van der Waals surface area contributed by atoms with E-state index in [1.165, 1.54) is 12.7 Å². The summed E-state index contributed by atoms with van der Waals surface area (Å²) in [7, 11) is 0. The van der Waals surface area contributed by atoms with E-state index in [-0.39, 0.29) is 44.8 Å². The quantitative estimate of drug-likeness (QED) is 0.0614. The molecule has 0 spiro atoms. The predicted octanol–water partition coefficient (Wildman–Crippen LogP) is 13.2. The van der Waals surface area contributed by atoms with Crippen molar-refractivity contribution >= 4 is 132 Å². The maximum atomic E-state index is 12.1. The first-order valence-corrected chi connectivity index (χ1v) is 27.6. The topological polar surface area (TPSA) is 183 Å². The molecule has 4 aromatic heterocycles. The molecule has 0 unspecified atom stereocenters. The summed E-state index contributed by atoms with van der Waals surface area (Å²) in [6.07, 6.45) is 0.698. The second-order valence-corrected chi connectivity index (χ2v) is 22.0. The van der Waals surface area contributed by atoms with E-state index in [9.17, 15) is 10.2 Å². The van der Waals surface area contributed by atoms with Gasteiger partial charge in [0.15, 0.2) is 23.7 Å². The highest BCUT2D eigenvalue weighted by Crippen LogP contribution is 2.45. The Morgan fingerprint density at radius 1 is 0.525 bits per heavy atom. The molecule has 6 heterocycles. The zero-order chi connectivity index (χ0) is 56.9. The van der Waals surface area contributed by atoms with Gasteiger partial charge in [0.05, 0.1) is 50.4 Å². The molecular weight excluding hydrogens is 1220 g/mol. The average molecular weight is 1260 g/mol. The van der Waals surface area contributed by atoms with Gasteiger partial charge in [0.25, 0.3) is 0 Å². The summed E-state index contributed by atoms with van der Waals surface area (Å²) in [6.45, 7) is 3.85. The Balaban J connectivity index is 0.000000194. The van der Waals surface area contributed by atoms with Crippen molar-refractivity contribution in [3.63, 3.8) is 0 Å². The Morgan fingerprint density at radius 2 is 0.900 bits per heavy atom. The zero-order valence-corrected chi connectivity index (χ0v) is 48.9. The molecule has 2 fully saturated rings. The number of aliphatic hydroxyl groups is 2. The standard InChI is InChI=1S/C28H22Cl5N3O4.C28H24Cl4N4O4/c2*1-2-8-28(37)24(39-13-17-4-6-19(30)11-22(17)32)23(14-38-12-16-3-5-18(29)10-21(16)31)40-27(28)36-9-7-20-25(33)34-15-35-26(20)36/h3-7,9-11,15,23-24,27,37H,12-14H2,1H3;3-7,9-11,15,23-24,27,37H,12-14H2,1H3,(H2,33,34,35)/t2*23-,24-,27-,28-/m11/s1. The molecule has 0 aliphatic carbocycles. The molecule has 0 saturated carbocycles. The van der Waals surface area contributed by atoms with Gasteiger partial charge >= 0.3 is 0 Å². The molecule has 8 aromatic rings. The minimum absolute atomic E-state index is 0.0527. The first-order chi connectivity index (χ1) is 38.4. The largest absolute Gasteiger partial charge is 0.383 e. The van der Waals surface area contributed by atoms with Gasteiger partial charge in [-0.3, -0.25) is 0 Å². The summed E-state index contributed by atoms with van der Waals surface area (Å²) < 4.78 is 40.7. The lowest BCUT2D eigenvalue weighted by molar-refractivity contribution is -0.0898. The molecule has 8 atom stereocenters. The van der Waals surface area contributed by atoms with Crippen LogP contribution in [0.3, 0.4) is 0 Å². The number of nitrogens with zero attached hydrogens (tertiary/aromatic N) is 6. The van der Waals surface area contributed by atoms with Gasteiger partial charge in [-0.2, -0.15) is 0 Å². The highest BCUT2D eigenvalue weighted by molar-refractivity contribution is 6.37. The Morgan fingerprint density at radius 3 is 1.30 bits per heavy atom. The monoisotopic (exact) mass is 1260 g/mol. The zero-order valence-electron chi connectivity index (χ0n) is 42.1. The van der Waals surface area contributed by atoms with Crippen molar-refractivity contribution in [2.24, 2.45) is 0 Å². The third-order valence-electron chi connectivity index (χ3n) is 13.0. The molecule has 24 heteroatoms. The molecule has 0 bridgehead atoms. The summed E-state index contributed by atoms with van der Waals surface area (Å²) in [6, 6.07) is 24.0. The number of benzene rings is 4. The van der Waals surface area contributed by atoms with Crippen LogP contribution in [0.4, 0.5) is 5.82 Å². The number of ether oxygens (including phenoxy) is 6. The van der Waals surface area contributed by atoms with Crippen molar-refractivity contribution in [2.75, 3.05) is 18.9 Å². The third kappa shape index (κ3) is 13.1.